The van der Waals surface area contributed by atoms with Crippen LogP contribution in [0.2, 0.25) is 0 Å². The van der Waals surface area contributed by atoms with Crippen LogP contribution in [0, 0.1) is 0 Å². The second kappa shape index (κ2) is 7.22. The van der Waals surface area contributed by atoms with Crippen LogP contribution in [0.1, 0.15) is 25.1 Å². The fraction of sp³-hybridized carbons (Fsp3) is 0.222. The van der Waals surface area contributed by atoms with Crippen molar-refractivity contribution in [3.8, 4) is 5.75 Å². The third kappa shape index (κ3) is 3.34. The van der Waals surface area contributed by atoms with E-state index in [1.54, 1.807) is 36.6 Å². The minimum absolute atomic E-state index is 0.0288. The summed E-state index contributed by atoms with van der Waals surface area (Å²) in [5, 5.41) is 18.4. The SMILES string of the molecule is CC[C@@H](Nc1c(Nc2ccccc2O)c(=O)n(C)[nH]c1=O)c1ccco1. The van der Waals surface area contributed by atoms with E-state index in [1.807, 2.05) is 6.92 Å². The number of phenolic OH excluding ortho intramolecular Hbond substituents is 1. The topological polar surface area (TPSA) is 112 Å². The number of rotatable bonds is 6. The first-order chi connectivity index (χ1) is 12.5. The number of benzene rings is 1. The number of aryl methyl sites for hydroxylation is 1. The molecule has 1 atom stereocenters. The Morgan fingerprint density at radius 2 is 1.96 bits per heavy atom. The van der Waals surface area contributed by atoms with Crippen LogP contribution in [-0.4, -0.2) is 14.9 Å². The smallest absolute Gasteiger partial charge is 0.290 e. The van der Waals surface area contributed by atoms with E-state index < -0.39 is 11.1 Å². The van der Waals surface area contributed by atoms with Gasteiger partial charge in [-0.1, -0.05) is 19.1 Å². The molecule has 136 valence electrons. The van der Waals surface area contributed by atoms with Gasteiger partial charge in [-0.25, -0.2) is 0 Å². The minimum atomic E-state index is -0.463. The van der Waals surface area contributed by atoms with Crippen LogP contribution in [0.15, 0.2) is 56.7 Å². The quantitative estimate of drug-likeness (QED) is 0.505. The molecule has 8 nitrogen and oxygen atoms in total. The molecule has 0 saturated heterocycles. The summed E-state index contributed by atoms with van der Waals surface area (Å²) in [5.74, 6) is 0.625. The molecule has 2 aromatic heterocycles. The molecule has 8 heteroatoms. The number of hydrogen-bond acceptors (Lipinski definition) is 6. The van der Waals surface area contributed by atoms with Crippen LogP contribution in [0.4, 0.5) is 17.1 Å². The van der Waals surface area contributed by atoms with Gasteiger partial charge < -0.3 is 20.2 Å². The fourth-order valence-electron chi connectivity index (χ4n) is 2.65. The predicted molar refractivity (Wildman–Crippen MR) is 99.1 cm³/mol. The summed E-state index contributed by atoms with van der Waals surface area (Å²) < 4.78 is 6.50. The normalized spacial score (nSPS) is 11.9. The Labute approximate surface area is 149 Å². The van der Waals surface area contributed by atoms with Crippen molar-refractivity contribution >= 4 is 17.1 Å². The van der Waals surface area contributed by atoms with E-state index in [2.05, 4.69) is 15.7 Å². The number of para-hydroxylation sites is 2. The highest BCUT2D eigenvalue weighted by Crippen LogP contribution is 2.29. The van der Waals surface area contributed by atoms with Gasteiger partial charge in [-0.15, -0.1) is 0 Å². The Balaban J connectivity index is 2.07. The van der Waals surface area contributed by atoms with Crippen LogP contribution >= 0.6 is 0 Å². The Hall–Kier alpha value is -3.42. The van der Waals surface area contributed by atoms with Crippen molar-refractivity contribution in [1.82, 2.24) is 9.78 Å². The monoisotopic (exact) mass is 356 g/mol. The Kier molecular flexibility index (Phi) is 4.83. The zero-order valence-corrected chi connectivity index (χ0v) is 14.4. The van der Waals surface area contributed by atoms with Crippen molar-refractivity contribution in [1.29, 1.82) is 0 Å². The van der Waals surface area contributed by atoms with E-state index in [0.717, 1.165) is 4.68 Å². The molecule has 26 heavy (non-hydrogen) atoms. The first-order valence-electron chi connectivity index (χ1n) is 8.19. The summed E-state index contributed by atoms with van der Waals surface area (Å²) in [6.07, 6.45) is 2.19. The lowest BCUT2D eigenvalue weighted by atomic mass is 10.1. The average Bonchev–Trinajstić information content (AvgIpc) is 3.15. The van der Waals surface area contributed by atoms with Crippen molar-refractivity contribution in [3.05, 3.63) is 69.1 Å². The lowest BCUT2D eigenvalue weighted by Gasteiger charge is -2.19. The number of phenols is 1. The third-order valence-electron chi connectivity index (χ3n) is 4.04. The molecule has 0 unspecified atom stereocenters. The molecule has 0 aliphatic rings. The molecule has 0 aliphatic carbocycles. The number of hydrogen-bond donors (Lipinski definition) is 4. The van der Waals surface area contributed by atoms with E-state index in [0.29, 0.717) is 17.9 Å². The fourth-order valence-corrected chi connectivity index (χ4v) is 2.65. The van der Waals surface area contributed by atoms with E-state index >= 15 is 0 Å². The number of aromatic nitrogens is 2. The van der Waals surface area contributed by atoms with Crippen molar-refractivity contribution in [2.45, 2.75) is 19.4 Å². The lowest BCUT2D eigenvalue weighted by molar-refractivity contribution is 0.473. The maximum Gasteiger partial charge on any atom is 0.290 e. The first-order valence-corrected chi connectivity index (χ1v) is 8.19. The number of nitrogens with zero attached hydrogens (tertiary/aromatic N) is 1. The molecule has 0 spiro atoms. The van der Waals surface area contributed by atoms with Gasteiger partial charge >= 0.3 is 0 Å². The number of aromatic amines is 1. The van der Waals surface area contributed by atoms with E-state index in [4.69, 9.17) is 4.42 Å². The zero-order valence-electron chi connectivity index (χ0n) is 14.4. The highest BCUT2D eigenvalue weighted by Gasteiger charge is 2.20. The summed E-state index contributed by atoms with van der Waals surface area (Å²) in [6, 6.07) is 9.75. The van der Waals surface area contributed by atoms with Gasteiger partial charge in [0.1, 0.15) is 22.9 Å². The lowest BCUT2D eigenvalue weighted by Crippen LogP contribution is -2.32. The van der Waals surface area contributed by atoms with Gasteiger partial charge in [-0.3, -0.25) is 19.4 Å². The van der Waals surface area contributed by atoms with Gasteiger partial charge in [0, 0.05) is 7.05 Å². The second-order valence-corrected chi connectivity index (χ2v) is 5.82. The molecule has 0 radical (unpaired) electrons. The van der Waals surface area contributed by atoms with Gasteiger partial charge in [0.2, 0.25) is 0 Å². The van der Waals surface area contributed by atoms with Crippen LogP contribution in [-0.2, 0) is 7.05 Å². The molecule has 0 amide bonds. The Bertz CT molecular complexity index is 1000. The van der Waals surface area contributed by atoms with Crippen molar-refractivity contribution in [2.75, 3.05) is 10.6 Å². The standard InChI is InChI=1S/C18H20N4O4/c1-3-11(14-9-6-10-26-14)19-15-16(18(25)22(2)21-17(15)24)20-12-7-4-5-8-13(12)23/h4-11,19-20,23H,3H2,1-2H3,(H,21,24)/t11-/m1/s1. The minimum Gasteiger partial charge on any atom is -0.506 e. The molecule has 4 N–H and O–H groups in total. The highest BCUT2D eigenvalue weighted by molar-refractivity contribution is 5.75. The summed E-state index contributed by atoms with van der Waals surface area (Å²) in [6.45, 7) is 1.94. The van der Waals surface area contributed by atoms with Crippen LogP contribution in [0.3, 0.4) is 0 Å². The highest BCUT2D eigenvalue weighted by atomic mass is 16.3. The molecule has 0 saturated carbocycles. The first kappa shape index (κ1) is 17.4. The van der Waals surface area contributed by atoms with Gasteiger partial charge in [0.05, 0.1) is 18.0 Å². The number of nitrogens with one attached hydrogen (secondary N) is 3. The molecular formula is C18H20N4O4. The predicted octanol–water partition coefficient (Wildman–Crippen LogP) is 2.68. The van der Waals surface area contributed by atoms with Crippen LogP contribution in [0.25, 0.3) is 0 Å². The van der Waals surface area contributed by atoms with Gasteiger partial charge in [0.15, 0.2) is 0 Å². The number of aromatic hydroxyl groups is 1. The van der Waals surface area contributed by atoms with Crippen LogP contribution in [0.5, 0.6) is 5.75 Å². The maximum absolute atomic E-state index is 12.6. The summed E-state index contributed by atoms with van der Waals surface area (Å²) in [4.78, 5) is 25.1. The molecule has 3 aromatic rings. The molecule has 3 rings (SSSR count). The number of H-pyrrole nitrogens is 1. The third-order valence-corrected chi connectivity index (χ3v) is 4.04. The molecular weight excluding hydrogens is 336 g/mol. The maximum atomic E-state index is 12.6. The molecule has 0 fully saturated rings. The van der Waals surface area contributed by atoms with E-state index in [1.165, 1.54) is 13.1 Å². The zero-order chi connectivity index (χ0) is 18.7. The van der Waals surface area contributed by atoms with Gasteiger partial charge in [-0.05, 0) is 30.7 Å². The van der Waals surface area contributed by atoms with E-state index in [9.17, 15) is 14.7 Å². The van der Waals surface area contributed by atoms with Crippen molar-refractivity contribution in [2.24, 2.45) is 7.05 Å². The molecule has 1 aromatic carbocycles. The summed E-state index contributed by atoms with van der Waals surface area (Å²) >= 11 is 0. The Morgan fingerprint density at radius 1 is 1.19 bits per heavy atom. The van der Waals surface area contributed by atoms with Crippen molar-refractivity contribution < 1.29 is 9.52 Å². The Morgan fingerprint density at radius 3 is 2.62 bits per heavy atom. The van der Waals surface area contributed by atoms with Gasteiger partial charge in [0.25, 0.3) is 11.1 Å². The largest absolute Gasteiger partial charge is 0.506 e. The average molecular weight is 356 g/mol. The molecule has 0 aliphatic heterocycles. The van der Waals surface area contributed by atoms with E-state index in [-0.39, 0.29) is 23.2 Å². The molecule has 2 heterocycles. The second-order valence-electron chi connectivity index (χ2n) is 5.82. The molecule has 0 bridgehead atoms. The number of anilines is 3. The number of furan rings is 1. The van der Waals surface area contributed by atoms with Crippen molar-refractivity contribution in [3.63, 3.8) is 0 Å². The summed E-state index contributed by atoms with van der Waals surface area (Å²) in [5.41, 5.74) is -0.452. The van der Waals surface area contributed by atoms with Gasteiger partial charge in [-0.2, -0.15) is 0 Å². The van der Waals surface area contributed by atoms with Crippen LogP contribution < -0.4 is 21.8 Å². The summed E-state index contributed by atoms with van der Waals surface area (Å²) in [7, 11) is 1.45.